The standard InChI is InChI=1S/C28H39N5O3/c1-6-13-32-27(36)25-23(14-17(2)3)31-33(24(25)16-28(32,4)5)19-9-12-21(26(29)35)22(15-19)30-18-7-10-20(34)11-8-18/h6,9,12,15,17-18,20,30,34H,1,7-8,10-11,13-14,16H2,2-5H3,(H2,29,35). The lowest BCUT2D eigenvalue weighted by molar-refractivity contribution is 0.0541. The maximum Gasteiger partial charge on any atom is 0.258 e. The zero-order chi connectivity index (χ0) is 26.2. The fraction of sp³-hybridized carbons (Fsp3) is 0.536. The molecule has 8 nitrogen and oxygen atoms in total. The molecule has 0 bridgehead atoms. The van der Waals surface area contributed by atoms with E-state index in [4.69, 9.17) is 10.8 Å². The van der Waals surface area contributed by atoms with Crippen molar-refractivity contribution in [1.82, 2.24) is 14.7 Å². The fourth-order valence-electron chi connectivity index (χ4n) is 5.47. The summed E-state index contributed by atoms with van der Waals surface area (Å²) in [6.07, 6.45) is 5.94. The second-order valence-electron chi connectivity index (χ2n) is 11.2. The van der Waals surface area contributed by atoms with E-state index in [-0.39, 0.29) is 18.1 Å². The molecule has 1 saturated carbocycles. The van der Waals surface area contributed by atoms with E-state index < -0.39 is 11.4 Å². The molecule has 0 spiro atoms. The predicted octanol–water partition coefficient (Wildman–Crippen LogP) is 3.85. The maximum absolute atomic E-state index is 13.7. The Kier molecular flexibility index (Phi) is 7.27. The van der Waals surface area contributed by atoms with Crippen molar-refractivity contribution in [3.8, 4) is 5.69 Å². The highest BCUT2D eigenvalue weighted by atomic mass is 16.3. The van der Waals surface area contributed by atoms with Crippen LogP contribution in [0, 0.1) is 5.92 Å². The summed E-state index contributed by atoms with van der Waals surface area (Å²) in [5.74, 6) is -0.181. The van der Waals surface area contributed by atoms with Crippen molar-refractivity contribution in [2.45, 2.75) is 83.9 Å². The average Bonchev–Trinajstić information content (AvgIpc) is 3.14. The molecule has 1 aliphatic carbocycles. The number of aromatic nitrogens is 2. The molecule has 1 aliphatic heterocycles. The fourth-order valence-corrected chi connectivity index (χ4v) is 5.47. The summed E-state index contributed by atoms with van der Waals surface area (Å²) >= 11 is 0. The van der Waals surface area contributed by atoms with E-state index in [0.717, 1.165) is 42.8 Å². The largest absolute Gasteiger partial charge is 0.393 e. The molecule has 0 atom stereocenters. The zero-order valence-electron chi connectivity index (χ0n) is 21.9. The molecule has 0 radical (unpaired) electrons. The molecule has 2 aliphatic rings. The van der Waals surface area contributed by atoms with Crippen LogP contribution in [-0.4, -0.2) is 55.8 Å². The molecule has 36 heavy (non-hydrogen) atoms. The topological polar surface area (TPSA) is 113 Å². The first-order valence-electron chi connectivity index (χ1n) is 12.9. The lowest BCUT2D eigenvalue weighted by Gasteiger charge is -2.42. The van der Waals surface area contributed by atoms with Crippen LogP contribution in [0.15, 0.2) is 30.9 Å². The van der Waals surface area contributed by atoms with Gasteiger partial charge in [0.15, 0.2) is 0 Å². The molecular formula is C28H39N5O3. The summed E-state index contributed by atoms with van der Waals surface area (Å²) in [6.45, 7) is 12.7. The summed E-state index contributed by atoms with van der Waals surface area (Å²) in [6, 6.07) is 5.63. The Labute approximate surface area is 213 Å². The van der Waals surface area contributed by atoms with Crippen molar-refractivity contribution >= 4 is 17.5 Å². The molecule has 1 fully saturated rings. The summed E-state index contributed by atoms with van der Waals surface area (Å²) < 4.78 is 1.87. The number of hydrogen-bond acceptors (Lipinski definition) is 5. The van der Waals surface area contributed by atoms with Gasteiger partial charge in [0, 0.05) is 30.2 Å². The lowest BCUT2D eigenvalue weighted by atomic mass is 9.87. The minimum Gasteiger partial charge on any atom is -0.393 e. The van der Waals surface area contributed by atoms with E-state index in [1.807, 2.05) is 21.7 Å². The monoisotopic (exact) mass is 493 g/mol. The van der Waals surface area contributed by atoms with E-state index in [1.165, 1.54) is 0 Å². The SMILES string of the molecule is C=CCN1C(=O)c2c(CC(C)C)nn(-c3ccc(C(N)=O)c(NC4CCC(O)CC4)c3)c2CC1(C)C. The Hall–Kier alpha value is -3.13. The first-order chi connectivity index (χ1) is 17.0. The van der Waals surface area contributed by atoms with Crippen molar-refractivity contribution in [3.63, 3.8) is 0 Å². The number of amides is 2. The van der Waals surface area contributed by atoms with Gasteiger partial charge in [0.2, 0.25) is 0 Å². The van der Waals surface area contributed by atoms with Gasteiger partial charge in [-0.25, -0.2) is 4.68 Å². The van der Waals surface area contributed by atoms with Gasteiger partial charge in [-0.1, -0.05) is 19.9 Å². The molecule has 4 rings (SSSR count). The predicted molar refractivity (Wildman–Crippen MR) is 142 cm³/mol. The van der Waals surface area contributed by atoms with Crippen molar-refractivity contribution in [1.29, 1.82) is 0 Å². The molecule has 8 heteroatoms. The molecule has 0 unspecified atom stereocenters. The minimum absolute atomic E-state index is 0.0177. The van der Waals surface area contributed by atoms with Crippen molar-refractivity contribution in [3.05, 3.63) is 53.4 Å². The maximum atomic E-state index is 13.7. The third-order valence-electron chi connectivity index (χ3n) is 7.33. The number of aliphatic hydroxyl groups excluding tert-OH is 1. The number of rotatable bonds is 8. The van der Waals surface area contributed by atoms with Crippen LogP contribution >= 0.6 is 0 Å². The first-order valence-corrected chi connectivity index (χ1v) is 12.9. The number of nitrogens with zero attached hydrogens (tertiary/aromatic N) is 3. The van der Waals surface area contributed by atoms with Crippen molar-refractivity contribution in [2.75, 3.05) is 11.9 Å². The Morgan fingerprint density at radius 2 is 2.00 bits per heavy atom. The molecule has 2 heterocycles. The van der Waals surface area contributed by atoms with Crippen molar-refractivity contribution in [2.24, 2.45) is 11.7 Å². The number of nitrogens with two attached hydrogens (primary N) is 1. The highest BCUT2D eigenvalue weighted by molar-refractivity contribution is 6.00. The molecular weight excluding hydrogens is 454 g/mol. The molecule has 2 amide bonds. The van der Waals surface area contributed by atoms with E-state index in [2.05, 4.69) is 39.6 Å². The van der Waals surface area contributed by atoms with E-state index in [1.54, 1.807) is 12.1 Å². The van der Waals surface area contributed by atoms with Crippen LogP contribution in [0.1, 0.15) is 85.5 Å². The highest BCUT2D eigenvalue weighted by Crippen LogP contribution is 2.35. The van der Waals surface area contributed by atoms with E-state index in [0.29, 0.717) is 42.1 Å². The number of fused-ring (bicyclic) bond motifs is 1. The Morgan fingerprint density at radius 1 is 1.31 bits per heavy atom. The van der Waals surface area contributed by atoms with Crippen molar-refractivity contribution < 1.29 is 14.7 Å². The number of nitrogens with one attached hydrogen (secondary N) is 1. The smallest absolute Gasteiger partial charge is 0.258 e. The Morgan fingerprint density at radius 3 is 2.61 bits per heavy atom. The van der Waals surface area contributed by atoms with Gasteiger partial charge in [-0.2, -0.15) is 5.10 Å². The Bertz CT molecular complexity index is 1160. The van der Waals surface area contributed by atoms with Crippen LogP contribution in [-0.2, 0) is 12.8 Å². The van der Waals surface area contributed by atoms with Gasteiger partial charge in [-0.15, -0.1) is 6.58 Å². The number of benzene rings is 1. The molecule has 1 aromatic carbocycles. The average molecular weight is 494 g/mol. The van der Waals surface area contributed by atoms with Gasteiger partial charge in [-0.05, 0) is 70.1 Å². The number of carbonyl (C=O) groups excluding carboxylic acids is 2. The highest BCUT2D eigenvalue weighted by Gasteiger charge is 2.42. The van der Waals surface area contributed by atoms with Crippen LogP contribution in [0.5, 0.6) is 0 Å². The van der Waals surface area contributed by atoms with Crippen LogP contribution in [0.25, 0.3) is 5.69 Å². The quantitative estimate of drug-likeness (QED) is 0.484. The van der Waals surface area contributed by atoms with Crippen LogP contribution in [0.3, 0.4) is 0 Å². The lowest BCUT2D eigenvalue weighted by Crippen LogP contribution is -2.53. The number of aliphatic hydroxyl groups is 1. The molecule has 0 saturated heterocycles. The van der Waals surface area contributed by atoms with Crippen LogP contribution in [0.4, 0.5) is 5.69 Å². The second-order valence-corrected chi connectivity index (χ2v) is 11.2. The van der Waals surface area contributed by atoms with Gasteiger partial charge < -0.3 is 21.1 Å². The molecule has 2 aromatic rings. The second kappa shape index (κ2) is 10.1. The third-order valence-corrected chi connectivity index (χ3v) is 7.33. The summed E-state index contributed by atoms with van der Waals surface area (Å²) in [5, 5.41) is 18.3. The van der Waals surface area contributed by atoms with Gasteiger partial charge >= 0.3 is 0 Å². The van der Waals surface area contributed by atoms with E-state index >= 15 is 0 Å². The molecule has 194 valence electrons. The van der Waals surface area contributed by atoms with Gasteiger partial charge in [-0.3, -0.25) is 9.59 Å². The summed E-state index contributed by atoms with van der Waals surface area (Å²) in [4.78, 5) is 27.8. The minimum atomic E-state index is -0.501. The van der Waals surface area contributed by atoms with Crippen LogP contribution < -0.4 is 11.1 Å². The molecule has 4 N–H and O–H groups in total. The summed E-state index contributed by atoms with van der Waals surface area (Å²) in [5.41, 5.74) is 9.52. The molecule has 1 aromatic heterocycles. The normalized spacial score (nSPS) is 21.4. The van der Waals surface area contributed by atoms with Gasteiger partial charge in [0.1, 0.15) is 0 Å². The number of carbonyl (C=O) groups is 2. The van der Waals surface area contributed by atoms with Gasteiger partial charge in [0.05, 0.1) is 34.3 Å². The van der Waals surface area contributed by atoms with E-state index in [9.17, 15) is 14.7 Å². The number of primary amides is 1. The zero-order valence-corrected chi connectivity index (χ0v) is 21.9. The van der Waals surface area contributed by atoms with Gasteiger partial charge in [0.25, 0.3) is 11.8 Å². The summed E-state index contributed by atoms with van der Waals surface area (Å²) in [7, 11) is 0. The number of hydrogen-bond donors (Lipinski definition) is 3. The third kappa shape index (κ3) is 5.05. The Balaban J connectivity index is 1.80. The van der Waals surface area contributed by atoms with Crippen LogP contribution in [0.2, 0.25) is 0 Å². The number of anilines is 1. The first kappa shape index (κ1) is 25.9.